The predicted octanol–water partition coefficient (Wildman–Crippen LogP) is 4.61. The van der Waals surface area contributed by atoms with Crippen LogP contribution in [0.1, 0.15) is 12.5 Å². The first kappa shape index (κ1) is 19.9. The summed E-state index contributed by atoms with van der Waals surface area (Å²) >= 11 is 3.04. The molecule has 10 heteroatoms. The molecule has 0 fully saturated rings. The van der Waals surface area contributed by atoms with E-state index in [0.29, 0.717) is 11.3 Å². The van der Waals surface area contributed by atoms with E-state index in [2.05, 4.69) is 25.9 Å². The van der Waals surface area contributed by atoms with Gasteiger partial charge in [-0.15, -0.1) is 0 Å². The fourth-order valence-electron chi connectivity index (χ4n) is 2.88. The smallest absolute Gasteiger partial charge is 0.311 e. The standard InChI is InChI=1S/C18H15BrF2N4O3/c1-3-24(9-12-13(20)6-10(19)7-14(12)21)17-11-4-5-16(28-2)23-18(11)22-8-15(17)25(26)27/h4-8H,3,9H2,1-2H3. The van der Waals surface area contributed by atoms with Crippen molar-refractivity contribution in [1.82, 2.24) is 9.97 Å². The van der Waals surface area contributed by atoms with E-state index in [1.807, 2.05) is 0 Å². The zero-order valence-corrected chi connectivity index (χ0v) is 16.5. The van der Waals surface area contributed by atoms with Crippen molar-refractivity contribution in [2.24, 2.45) is 0 Å². The summed E-state index contributed by atoms with van der Waals surface area (Å²) in [4.78, 5) is 20.7. The summed E-state index contributed by atoms with van der Waals surface area (Å²) in [6.45, 7) is 1.80. The molecule has 0 saturated heterocycles. The molecule has 0 saturated carbocycles. The molecular weight excluding hydrogens is 438 g/mol. The molecule has 3 aromatic rings. The van der Waals surface area contributed by atoms with Gasteiger partial charge >= 0.3 is 5.69 Å². The number of anilines is 1. The van der Waals surface area contributed by atoms with E-state index >= 15 is 0 Å². The zero-order chi connectivity index (χ0) is 20.4. The van der Waals surface area contributed by atoms with Crippen molar-refractivity contribution in [1.29, 1.82) is 0 Å². The number of pyridine rings is 2. The van der Waals surface area contributed by atoms with E-state index in [4.69, 9.17) is 4.74 Å². The molecule has 28 heavy (non-hydrogen) atoms. The third-order valence-electron chi connectivity index (χ3n) is 4.21. The quantitative estimate of drug-likeness (QED) is 0.401. The molecule has 0 unspecified atom stereocenters. The Balaban J connectivity index is 2.18. The number of ether oxygens (including phenoxy) is 1. The molecule has 0 N–H and O–H groups in total. The number of halogens is 3. The Morgan fingerprint density at radius 2 is 1.96 bits per heavy atom. The van der Waals surface area contributed by atoms with Crippen LogP contribution in [0, 0.1) is 21.7 Å². The zero-order valence-electron chi connectivity index (χ0n) is 14.9. The number of nitrogens with zero attached hydrogens (tertiary/aromatic N) is 4. The van der Waals surface area contributed by atoms with Crippen LogP contribution in [0.3, 0.4) is 0 Å². The maximum absolute atomic E-state index is 14.3. The largest absolute Gasteiger partial charge is 0.481 e. The van der Waals surface area contributed by atoms with Crippen molar-refractivity contribution >= 4 is 38.3 Å². The summed E-state index contributed by atoms with van der Waals surface area (Å²) < 4.78 is 34.0. The molecule has 0 spiro atoms. The van der Waals surface area contributed by atoms with Gasteiger partial charge in [0.05, 0.1) is 17.4 Å². The van der Waals surface area contributed by atoms with Crippen LogP contribution in [0.4, 0.5) is 20.2 Å². The highest BCUT2D eigenvalue weighted by molar-refractivity contribution is 9.10. The number of fused-ring (bicyclic) bond motifs is 1. The van der Waals surface area contributed by atoms with E-state index < -0.39 is 16.6 Å². The summed E-state index contributed by atoms with van der Waals surface area (Å²) in [5.41, 5.74) is -0.0467. The number of nitro groups is 1. The van der Waals surface area contributed by atoms with Gasteiger partial charge in [-0.3, -0.25) is 10.1 Å². The molecule has 3 rings (SSSR count). The Morgan fingerprint density at radius 3 is 2.54 bits per heavy atom. The lowest BCUT2D eigenvalue weighted by atomic mass is 10.1. The summed E-state index contributed by atoms with van der Waals surface area (Å²) in [6.07, 6.45) is 1.08. The third-order valence-corrected chi connectivity index (χ3v) is 4.67. The minimum Gasteiger partial charge on any atom is -0.481 e. The van der Waals surface area contributed by atoms with Gasteiger partial charge in [0.1, 0.15) is 23.5 Å². The van der Waals surface area contributed by atoms with Crippen molar-refractivity contribution in [2.45, 2.75) is 13.5 Å². The monoisotopic (exact) mass is 452 g/mol. The van der Waals surface area contributed by atoms with Crippen LogP contribution >= 0.6 is 15.9 Å². The van der Waals surface area contributed by atoms with Gasteiger partial charge in [0.25, 0.3) is 0 Å². The normalized spacial score (nSPS) is 10.9. The molecule has 7 nitrogen and oxygen atoms in total. The van der Waals surface area contributed by atoms with E-state index in [1.165, 1.54) is 12.0 Å². The molecule has 0 bridgehead atoms. The molecule has 146 valence electrons. The maximum atomic E-state index is 14.3. The van der Waals surface area contributed by atoms with Crippen LogP contribution < -0.4 is 9.64 Å². The van der Waals surface area contributed by atoms with Crippen LogP contribution in [0.5, 0.6) is 5.88 Å². The highest BCUT2D eigenvalue weighted by atomic mass is 79.9. The van der Waals surface area contributed by atoms with E-state index in [0.717, 1.165) is 18.3 Å². The van der Waals surface area contributed by atoms with E-state index in [1.54, 1.807) is 19.1 Å². The predicted molar refractivity (Wildman–Crippen MR) is 104 cm³/mol. The number of rotatable bonds is 6. The second-order valence-corrected chi connectivity index (χ2v) is 6.75. The Bertz CT molecular complexity index is 1040. The number of hydrogen-bond acceptors (Lipinski definition) is 6. The lowest BCUT2D eigenvalue weighted by molar-refractivity contribution is -0.384. The molecular formula is C18H15BrF2N4O3. The van der Waals surface area contributed by atoms with Crippen LogP contribution in [-0.4, -0.2) is 28.5 Å². The Morgan fingerprint density at radius 1 is 1.29 bits per heavy atom. The Hall–Kier alpha value is -2.88. The van der Waals surface area contributed by atoms with Crippen LogP contribution in [0.25, 0.3) is 11.0 Å². The Kier molecular flexibility index (Phi) is 5.68. The van der Waals surface area contributed by atoms with Crippen molar-refractivity contribution in [2.75, 3.05) is 18.6 Å². The van der Waals surface area contributed by atoms with Gasteiger partial charge in [0.2, 0.25) is 5.88 Å². The first-order chi connectivity index (χ1) is 13.3. The third kappa shape index (κ3) is 3.72. The highest BCUT2D eigenvalue weighted by Crippen LogP contribution is 2.36. The number of hydrogen-bond donors (Lipinski definition) is 0. The minimum absolute atomic E-state index is 0.189. The second-order valence-electron chi connectivity index (χ2n) is 5.84. The molecule has 0 atom stereocenters. The van der Waals surface area contributed by atoms with E-state index in [-0.39, 0.29) is 40.1 Å². The summed E-state index contributed by atoms with van der Waals surface area (Å²) in [5, 5.41) is 12.0. The fraction of sp³-hybridized carbons (Fsp3) is 0.222. The molecule has 0 aliphatic carbocycles. The number of aromatic nitrogens is 2. The van der Waals surface area contributed by atoms with Crippen LogP contribution in [0.2, 0.25) is 0 Å². The molecule has 2 heterocycles. The van der Waals surface area contributed by atoms with Crippen LogP contribution in [-0.2, 0) is 6.54 Å². The molecule has 1 aromatic carbocycles. The second kappa shape index (κ2) is 8.01. The summed E-state index contributed by atoms with van der Waals surface area (Å²) in [5.74, 6) is -1.19. The van der Waals surface area contributed by atoms with E-state index in [9.17, 15) is 18.9 Å². The van der Waals surface area contributed by atoms with Crippen LogP contribution in [0.15, 0.2) is 34.9 Å². The first-order valence-corrected chi connectivity index (χ1v) is 9.01. The molecule has 0 amide bonds. The van der Waals surface area contributed by atoms with Crippen molar-refractivity contribution in [3.8, 4) is 5.88 Å². The van der Waals surface area contributed by atoms with Crippen molar-refractivity contribution < 1.29 is 18.4 Å². The maximum Gasteiger partial charge on any atom is 0.311 e. The van der Waals surface area contributed by atoms with Gasteiger partial charge in [-0.05, 0) is 25.1 Å². The number of methoxy groups -OCH3 is 1. The van der Waals surface area contributed by atoms with Gasteiger partial charge in [-0.1, -0.05) is 15.9 Å². The Labute approximate surface area is 167 Å². The minimum atomic E-state index is -0.744. The number of benzene rings is 1. The summed E-state index contributed by atoms with van der Waals surface area (Å²) in [6, 6.07) is 5.44. The van der Waals surface area contributed by atoms with Gasteiger partial charge in [0, 0.05) is 29.2 Å². The highest BCUT2D eigenvalue weighted by Gasteiger charge is 2.25. The molecule has 2 aromatic heterocycles. The van der Waals surface area contributed by atoms with Gasteiger partial charge in [0.15, 0.2) is 5.65 Å². The van der Waals surface area contributed by atoms with Gasteiger partial charge in [-0.25, -0.2) is 13.8 Å². The first-order valence-electron chi connectivity index (χ1n) is 8.22. The topological polar surface area (TPSA) is 81.4 Å². The van der Waals surface area contributed by atoms with Crippen molar-refractivity contribution in [3.05, 3.63) is 62.2 Å². The fourth-order valence-corrected chi connectivity index (χ4v) is 3.28. The van der Waals surface area contributed by atoms with Gasteiger partial charge in [-0.2, -0.15) is 4.98 Å². The lowest BCUT2D eigenvalue weighted by Gasteiger charge is -2.24. The van der Waals surface area contributed by atoms with Crippen molar-refractivity contribution in [3.63, 3.8) is 0 Å². The SMILES string of the molecule is CCN(Cc1c(F)cc(Br)cc1F)c1c([N+](=O)[O-])cnc2nc(OC)ccc12. The summed E-state index contributed by atoms with van der Waals surface area (Å²) in [7, 11) is 1.44. The molecule has 0 aliphatic heterocycles. The average Bonchev–Trinajstić information content (AvgIpc) is 2.66. The lowest BCUT2D eigenvalue weighted by Crippen LogP contribution is -2.25. The molecule has 0 aliphatic rings. The van der Waals surface area contributed by atoms with Gasteiger partial charge < -0.3 is 9.64 Å². The molecule has 0 radical (unpaired) electrons. The average molecular weight is 453 g/mol.